The summed E-state index contributed by atoms with van der Waals surface area (Å²) in [5, 5.41) is 4.44. The second-order valence-electron chi connectivity index (χ2n) is 13.2. The van der Waals surface area contributed by atoms with E-state index >= 15 is 0 Å². The van der Waals surface area contributed by atoms with Crippen LogP contribution in [0.2, 0.25) is 0 Å². The zero-order chi connectivity index (χ0) is 33.2. The Kier molecular flexibility index (Phi) is 9.28. The van der Waals surface area contributed by atoms with E-state index in [1.165, 1.54) is 4.57 Å². The SMILES string of the molecule is O=C(Cn1c(=O)n(C2CCOCC2)c2nc(N[C@H]3CC[C@@H](Oc4nc(N5CCOCC5)cc5ncccc45)CC3)ncc21)N1CCOCC1. The molecule has 4 aromatic heterocycles. The summed E-state index contributed by atoms with van der Waals surface area (Å²) in [6.45, 7) is 6.10. The molecular weight excluding hydrogens is 630 g/mol. The Morgan fingerprint density at radius 2 is 1.63 bits per heavy atom. The molecule has 0 bridgehead atoms. The van der Waals surface area contributed by atoms with Crippen molar-refractivity contribution in [3.8, 4) is 5.88 Å². The molecule has 15 heteroatoms. The van der Waals surface area contributed by atoms with Crippen molar-refractivity contribution in [3.05, 3.63) is 41.1 Å². The number of morpholine rings is 2. The summed E-state index contributed by atoms with van der Waals surface area (Å²) in [5.41, 5.74) is 1.75. The lowest BCUT2D eigenvalue weighted by atomic mass is 9.93. The fourth-order valence-electron chi connectivity index (χ4n) is 7.34. The number of carbonyl (C=O) groups excluding carboxylic acids is 1. The maximum Gasteiger partial charge on any atom is 0.331 e. The van der Waals surface area contributed by atoms with Crippen LogP contribution in [0.15, 0.2) is 35.4 Å². The summed E-state index contributed by atoms with van der Waals surface area (Å²) in [6.07, 6.45) is 8.35. The molecule has 15 nitrogen and oxygen atoms in total. The van der Waals surface area contributed by atoms with Crippen LogP contribution < -0.4 is 20.6 Å². The van der Waals surface area contributed by atoms with Gasteiger partial charge in [-0.2, -0.15) is 9.97 Å². The van der Waals surface area contributed by atoms with Crippen molar-refractivity contribution < 1.29 is 23.7 Å². The topological polar surface area (TPSA) is 151 Å². The minimum Gasteiger partial charge on any atom is -0.474 e. The van der Waals surface area contributed by atoms with E-state index in [0.717, 1.165) is 55.5 Å². The van der Waals surface area contributed by atoms with E-state index in [4.69, 9.17) is 28.9 Å². The van der Waals surface area contributed by atoms with Crippen LogP contribution in [0.3, 0.4) is 0 Å². The van der Waals surface area contributed by atoms with Crippen molar-refractivity contribution >= 4 is 39.7 Å². The summed E-state index contributed by atoms with van der Waals surface area (Å²) < 4.78 is 26.4. The molecule has 49 heavy (non-hydrogen) atoms. The standard InChI is InChI=1S/C34H43N9O6/c44-30(41-12-18-48-19-13-41)22-42-28-21-36-33(39-31(28)43(34(42)45)24-7-14-46-15-8-24)37-23-3-5-25(6-4-23)49-32-26-2-1-9-35-27(26)20-29(38-32)40-10-16-47-17-11-40/h1-2,9,20-21,23-25H,3-8,10-19,22H2,(H,36,37,39)/t23-,25+. The number of nitrogens with zero attached hydrogens (tertiary/aromatic N) is 8. The number of anilines is 2. The first-order valence-electron chi connectivity index (χ1n) is 17.5. The molecule has 1 aliphatic carbocycles. The van der Waals surface area contributed by atoms with Crippen molar-refractivity contribution in [2.24, 2.45) is 0 Å². The summed E-state index contributed by atoms with van der Waals surface area (Å²) in [6, 6.07) is 6.06. The Bertz CT molecular complexity index is 1840. The van der Waals surface area contributed by atoms with Gasteiger partial charge in [-0.15, -0.1) is 0 Å². The first kappa shape index (κ1) is 31.9. The number of hydrogen-bond donors (Lipinski definition) is 1. The van der Waals surface area contributed by atoms with Crippen molar-refractivity contribution in [1.29, 1.82) is 0 Å². The normalized spacial score (nSPS) is 22.4. The smallest absolute Gasteiger partial charge is 0.331 e. The van der Waals surface area contributed by atoms with E-state index in [1.54, 1.807) is 21.9 Å². The van der Waals surface area contributed by atoms with Crippen LogP contribution in [0.1, 0.15) is 44.6 Å². The van der Waals surface area contributed by atoms with E-state index in [0.29, 0.717) is 88.6 Å². The maximum absolute atomic E-state index is 13.9. The van der Waals surface area contributed by atoms with E-state index in [9.17, 15) is 9.59 Å². The minimum absolute atomic E-state index is 0.0222. The molecule has 3 aliphatic heterocycles. The van der Waals surface area contributed by atoms with Crippen LogP contribution in [0, 0.1) is 0 Å². The number of nitrogens with one attached hydrogen (secondary N) is 1. The van der Waals surface area contributed by atoms with Crippen molar-refractivity contribution in [2.45, 2.75) is 63.3 Å². The summed E-state index contributed by atoms with van der Waals surface area (Å²) >= 11 is 0. The summed E-state index contributed by atoms with van der Waals surface area (Å²) in [7, 11) is 0. The first-order chi connectivity index (χ1) is 24.1. The average molecular weight is 674 g/mol. The second-order valence-corrected chi connectivity index (χ2v) is 13.2. The van der Waals surface area contributed by atoms with E-state index in [-0.39, 0.29) is 36.3 Å². The molecule has 1 amide bonds. The zero-order valence-electron chi connectivity index (χ0n) is 27.7. The molecule has 4 aromatic rings. The number of aromatic nitrogens is 6. The molecule has 4 fully saturated rings. The molecule has 1 N–H and O–H groups in total. The van der Waals surface area contributed by atoms with Gasteiger partial charge in [0.15, 0.2) is 5.65 Å². The highest BCUT2D eigenvalue weighted by Gasteiger charge is 2.29. The highest BCUT2D eigenvalue weighted by atomic mass is 16.5. The molecule has 7 heterocycles. The van der Waals surface area contributed by atoms with E-state index < -0.39 is 0 Å². The van der Waals surface area contributed by atoms with Crippen molar-refractivity contribution in [2.75, 3.05) is 76.0 Å². The van der Waals surface area contributed by atoms with E-state index in [1.807, 2.05) is 18.2 Å². The molecule has 0 spiro atoms. The lowest BCUT2D eigenvalue weighted by Crippen LogP contribution is -2.43. The first-order valence-corrected chi connectivity index (χ1v) is 17.5. The van der Waals surface area contributed by atoms with Crippen LogP contribution >= 0.6 is 0 Å². The molecule has 260 valence electrons. The number of amides is 1. The molecule has 3 saturated heterocycles. The monoisotopic (exact) mass is 673 g/mol. The Hall–Kier alpha value is -4.34. The number of carbonyl (C=O) groups is 1. The molecule has 4 aliphatic rings. The highest BCUT2D eigenvalue weighted by molar-refractivity contribution is 5.86. The quantitative estimate of drug-likeness (QED) is 0.293. The van der Waals surface area contributed by atoms with Crippen LogP contribution in [0.5, 0.6) is 5.88 Å². The Balaban J connectivity index is 0.975. The fraction of sp³-hybridized carbons (Fsp3) is 0.588. The van der Waals surface area contributed by atoms with Gasteiger partial charge in [0.05, 0.1) is 43.5 Å². The van der Waals surface area contributed by atoms with Gasteiger partial charge in [0.2, 0.25) is 17.7 Å². The molecule has 0 unspecified atom stereocenters. The van der Waals surface area contributed by atoms with Crippen LogP contribution in [-0.4, -0.2) is 118 Å². The predicted octanol–water partition coefficient (Wildman–Crippen LogP) is 2.39. The maximum atomic E-state index is 13.9. The van der Waals surface area contributed by atoms with Gasteiger partial charge in [0, 0.05) is 63.7 Å². The van der Waals surface area contributed by atoms with Gasteiger partial charge in [0.1, 0.15) is 24.0 Å². The molecule has 8 rings (SSSR count). The zero-order valence-corrected chi connectivity index (χ0v) is 27.7. The van der Waals surface area contributed by atoms with Gasteiger partial charge in [-0.05, 0) is 50.7 Å². The number of ether oxygens (including phenoxy) is 4. The van der Waals surface area contributed by atoms with Crippen LogP contribution in [0.4, 0.5) is 11.8 Å². The number of hydrogen-bond acceptors (Lipinski definition) is 12. The predicted molar refractivity (Wildman–Crippen MR) is 181 cm³/mol. The van der Waals surface area contributed by atoms with Gasteiger partial charge in [0.25, 0.3) is 0 Å². The Labute approximate surface area is 283 Å². The molecule has 0 aromatic carbocycles. The average Bonchev–Trinajstić information content (AvgIpc) is 3.43. The van der Waals surface area contributed by atoms with Crippen molar-refractivity contribution in [3.63, 3.8) is 0 Å². The largest absolute Gasteiger partial charge is 0.474 e. The van der Waals surface area contributed by atoms with Gasteiger partial charge in [-0.3, -0.25) is 18.9 Å². The van der Waals surface area contributed by atoms with Gasteiger partial charge in [-0.1, -0.05) is 0 Å². The number of rotatable bonds is 8. The lowest BCUT2D eigenvalue weighted by molar-refractivity contribution is -0.135. The highest BCUT2D eigenvalue weighted by Crippen LogP contribution is 2.32. The van der Waals surface area contributed by atoms with Crippen LogP contribution in [0.25, 0.3) is 22.1 Å². The molecule has 0 radical (unpaired) electrons. The van der Waals surface area contributed by atoms with Crippen molar-refractivity contribution in [1.82, 2.24) is 34.0 Å². The summed E-state index contributed by atoms with van der Waals surface area (Å²) in [5.74, 6) is 1.86. The third kappa shape index (κ3) is 6.79. The Morgan fingerprint density at radius 1 is 0.898 bits per heavy atom. The van der Waals surface area contributed by atoms with Gasteiger partial charge < -0.3 is 34.1 Å². The minimum atomic E-state index is -0.235. The lowest BCUT2D eigenvalue weighted by Gasteiger charge is -2.31. The summed E-state index contributed by atoms with van der Waals surface area (Å²) in [4.78, 5) is 50.1. The second kappa shape index (κ2) is 14.3. The third-order valence-electron chi connectivity index (χ3n) is 10.1. The van der Waals surface area contributed by atoms with Gasteiger partial charge >= 0.3 is 5.69 Å². The number of imidazole rings is 1. The fourth-order valence-corrected chi connectivity index (χ4v) is 7.34. The van der Waals surface area contributed by atoms with E-state index in [2.05, 4.69) is 20.2 Å². The van der Waals surface area contributed by atoms with Gasteiger partial charge in [-0.25, -0.2) is 9.78 Å². The van der Waals surface area contributed by atoms with Crippen LogP contribution in [-0.2, 0) is 25.5 Å². The third-order valence-corrected chi connectivity index (χ3v) is 10.1. The molecule has 1 saturated carbocycles. The number of pyridine rings is 2. The Morgan fingerprint density at radius 3 is 2.41 bits per heavy atom. The molecular formula is C34H43N9O6. The number of fused-ring (bicyclic) bond motifs is 2. The molecule has 0 atom stereocenters.